The second-order valence-corrected chi connectivity index (χ2v) is 9.25. The fourth-order valence-electron chi connectivity index (χ4n) is 3.91. The highest BCUT2D eigenvalue weighted by Gasteiger charge is 2.30. The first-order chi connectivity index (χ1) is 17.6. The molecule has 0 atom stereocenters. The van der Waals surface area contributed by atoms with E-state index in [9.17, 15) is 4.79 Å². The van der Waals surface area contributed by atoms with Gasteiger partial charge in [0.15, 0.2) is 28.2 Å². The molecule has 36 heavy (non-hydrogen) atoms. The van der Waals surface area contributed by atoms with Gasteiger partial charge in [-0.25, -0.2) is 4.99 Å². The van der Waals surface area contributed by atoms with Gasteiger partial charge in [0.05, 0.1) is 17.7 Å². The van der Waals surface area contributed by atoms with E-state index in [4.69, 9.17) is 23.9 Å². The summed E-state index contributed by atoms with van der Waals surface area (Å²) in [6.45, 7) is 2.68. The van der Waals surface area contributed by atoms with Crippen molar-refractivity contribution in [3.63, 3.8) is 0 Å². The molecule has 0 saturated carbocycles. The number of thioether (sulfide) groups is 1. The number of rotatable bonds is 7. The molecule has 3 aromatic carbocycles. The van der Waals surface area contributed by atoms with Crippen LogP contribution in [0.2, 0.25) is 0 Å². The molecule has 0 bridgehead atoms. The van der Waals surface area contributed by atoms with Crippen LogP contribution >= 0.6 is 11.8 Å². The number of amides is 1. The van der Waals surface area contributed by atoms with Gasteiger partial charge in [0.25, 0.3) is 5.91 Å². The van der Waals surface area contributed by atoms with Crippen LogP contribution in [0, 0.1) is 0 Å². The lowest BCUT2D eigenvalue weighted by Gasteiger charge is -2.12. The van der Waals surface area contributed by atoms with Gasteiger partial charge in [-0.05, 0) is 71.3 Å². The van der Waals surface area contributed by atoms with Crippen LogP contribution in [0.1, 0.15) is 23.6 Å². The number of carbonyl (C=O) groups is 1. The van der Waals surface area contributed by atoms with Crippen molar-refractivity contribution in [3.8, 4) is 23.0 Å². The first-order valence-electron chi connectivity index (χ1n) is 11.6. The minimum Gasteiger partial charge on any atom is -0.493 e. The number of methoxy groups -OCH3 is 1. The van der Waals surface area contributed by atoms with Crippen molar-refractivity contribution in [2.75, 3.05) is 21.0 Å². The molecule has 0 spiro atoms. The van der Waals surface area contributed by atoms with Crippen molar-refractivity contribution in [2.45, 2.75) is 20.0 Å². The normalized spacial score (nSPS) is 16.8. The lowest BCUT2D eigenvalue weighted by atomic mass is 10.1. The maximum Gasteiger partial charge on any atom is 0.266 e. The number of aryl methyl sites for hydroxylation is 1. The van der Waals surface area contributed by atoms with Crippen LogP contribution in [-0.4, -0.2) is 36.9 Å². The highest BCUT2D eigenvalue weighted by atomic mass is 32.2. The molecule has 0 radical (unpaired) electrons. The molecule has 0 N–H and O–H groups in total. The minimum atomic E-state index is -0.0881. The summed E-state index contributed by atoms with van der Waals surface area (Å²) >= 11 is 1.36. The number of hydrogen-bond donors (Lipinski definition) is 0. The van der Waals surface area contributed by atoms with Gasteiger partial charge in [-0.3, -0.25) is 9.69 Å². The first-order valence-corrected chi connectivity index (χ1v) is 12.4. The van der Waals surface area contributed by atoms with E-state index in [1.54, 1.807) is 19.1 Å². The Bertz CT molecular complexity index is 1370. The summed E-state index contributed by atoms with van der Waals surface area (Å²) < 4.78 is 22.4. The highest BCUT2D eigenvalue weighted by molar-refractivity contribution is 8.18. The summed E-state index contributed by atoms with van der Waals surface area (Å²) in [6, 6.07) is 19.3. The van der Waals surface area contributed by atoms with Crippen LogP contribution in [0.4, 0.5) is 5.69 Å². The molecule has 0 unspecified atom stereocenters. The second-order valence-electron chi connectivity index (χ2n) is 8.24. The molecule has 2 heterocycles. The van der Waals surface area contributed by atoms with Gasteiger partial charge in [0, 0.05) is 7.05 Å². The third kappa shape index (κ3) is 4.90. The van der Waals surface area contributed by atoms with Gasteiger partial charge in [-0.2, -0.15) is 0 Å². The highest BCUT2D eigenvalue weighted by Crippen LogP contribution is 2.37. The molecular formula is C28H26N2O5S. The molecule has 5 rings (SSSR count). The van der Waals surface area contributed by atoms with Crippen LogP contribution in [0.25, 0.3) is 6.08 Å². The van der Waals surface area contributed by atoms with E-state index >= 15 is 0 Å². The number of ether oxygens (including phenoxy) is 4. The Morgan fingerprint density at radius 3 is 2.72 bits per heavy atom. The number of benzene rings is 3. The summed E-state index contributed by atoms with van der Waals surface area (Å²) in [4.78, 5) is 19.8. The average Bonchev–Trinajstić information content (AvgIpc) is 3.48. The predicted octanol–water partition coefficient (Wildman–Crippen LogP) is 5.80. The number of fused-ring (bicyclic) bond motifs is 1. The summed E-state index contributed by atoms with van der Waals surface area (Å²) in [7, 11) is 3.34. The molecule has 7 nitrogen and oxygen atoms in total. The Morgan fingerprint density at radius 1 is 1.06 bits per heavy atom. The van der Waals surface area contributed by atoms with Crippen LogP contribution in [0.5, 0.6) is 23.0 Å². The van der Waals surface area contributed by atoms with Crippen molar-refractivity contribution >= 4 is 34.6 Å². The zero-order valence-corrected chi connectivity index (χ0v) is 21.1. The number of hydrogen-bond acceptors (Lipinski definition) is 7. The van der Waals surface area contributed by atoms with Gasteiger partial charge in [-0.15, -0.1) is 0 Å². The Hall–Kier alpha value is -3.91. The van der Waals surface area contributed by atoms with Crippen LogP contribution < -0.4 is 18.9 Å². The fraction of sp³-hybridized carbons (Fsp3) is 0.214. The van der Waals surface area contributed by atoms with E-state index in [0.29, 0.717) is 28.2 Å². The Balaban J connectivity index is 1.33. The number of para-hydroxylation sites is 1. The molecule has 8 heteroatoms. The standard InChI is InChI=1S/C28H26N2O5S/c1-4-20-7-5-6-8-21(20)29-28-30(2)27(31)26(36-28)15-18-9-11-22(24(13-18)32-3)33-16-19-10-12-23-25(14-19)35-17-34-23/h5-15H,4,16-17H2,1-3H3. The predicted molar refractivity (Wildman–Crippen MR) is 141 cm³/mol. The molecule has 1 saturated heterocycles. The van der Waals surface area contributed by atoms with Gasteiger partial charge >= 0.3 is 0 Å². The maximum absolute atomic E-state index is 12.9. The Labute approximate surface area is 214 Å². The van der Waals surface area contributed by atoms with Crippen molar-refractivity contribution in [3.05, 3.63) is 82.3 Å². The molecular weight excluding hydrogens is 476 g/mol. The van der Waals surface area contributed by atoms with Gasteiger partial charge in [0.2, 0.25) is 6.79 Å². The molecule has 184 valence electrons. The maximum atomic E-state index is 12.9. The van der Waals surface area contributed by atoms with Crippen LogP contribution in [-0.2, 0) is 17.8 Å². The van der Waals surface area contributed by atoms with Gasteiger partial charge in [-0.1, -0.05) is 37.3 Å². The largest absolute Gasteiger partial charge is 0.493 e. The number of carbonyl (C=O) groups excluding carboxylic acids is 1. The smallest absolute Gasteiger partial charge is 0.266 e. The van der Waals surface area contributed by atoms with E-state index < -0.39 is 0 Å². The lowest BCUT2D eigenvalue weighted by molar-refractivity contribution is -0.121. The summed E-state index contributed by atoms with van der Waals surface area (Å²) in [5.41, 5.74) is 3.82. The number of aliphatic imine (C=N–C) groups is 1. The molecule has 0 aromatic heterocycles. The van der Waals surface area contributed by atoms with Crippen molar-refractivity contribution < 1.29 is 23.7 Å². The van der Waals surface area contributed by atoms with Gasteiger partial charge < -0.3 is 18.9 Å². The minimum absolute atomic E-state index is 0.0881. The van der Waals surface area contributed by atoms with E-state index in [1.165, 1.54) is 11.8 Å². The van der Waals surface area contributed by atoms with Crippen molar-refractivity contribution in [2.24, 2.45) is 4.99 Å². The van der Waals surface area contributed by atoms with E-state index in [1.807, 2.05) is 60.7 Å². The first kappa shape index (κ1) is 23.8. The Kier molecular flexibility index (Phi) is 6.86. The van der Waals surface area contributed by atoms with Gasteiger partial charge in [0.1, 0.15) is 6.61 Å². The average molecular weight is 503 g/mol. The molecule has 1 fully saturated rings. The number of amidine groups is 1. The monoisotopic (exact) mass is 502 g/mol. The quantitative estimate of drug-likeness (QED) is 0.381. The van der Waals surface area contributed by atoms with Crippen molar-refractivity contribution in [1.29, 1.82) is 0 Å². The summed E-state index contributed by atoms with van der Waals surface area (Å²) in [5, 5.41) is 0.655. The lowest BCUT2D eigenvalue weighted by Crippen LogP contribution is -2.23. The second kappa shape index (κ2) is 10.4. The zero-order chi connectivity index (χ0) is 25.1. The molecule has 0 aliphatic carbocycles. The van der Waals surface area contributed by atoms with E-state index in [0.717, 1.165) is 40.3 Å². The fourth-order valence-corrected chi connectivity index (χ4v) is 4.89. The number of nitrogens with zero attached hydrogens (tertiary/aromatic N) is 2. The van der Waals surface area contributed by atoms with Crippen LogP contribution in [0.3, 0.4) is 0 Å². The molecule has 3 aromatic rings. The molecule has 1 amide bonds. The van der Waals surface area contributed by atoms with Crippen molar-refractivity contribution in [1.82, 2.24) is 4.90 Å². The zero-order valence-electron chi connectivity index (χ0n) is 20.3. The third-order valence-electron chi connectivity index (χ3n) is 5.91. The SMILES string of the molecule is CCc1ccccc1N=C1SC(=Cc2ccc(OCc3ccc4c(c3)OCO4)c(OC)c2)C(=O)N1C. The topological polar surface area (TPSA) is 69.6 Å². The summed E-state index contributed by atoms with van der Waals surface area (Å²) in [6.07, 6.45) is 2.72. The molecule has 2 aliphatic rings. The number of likely N-dealkylation sites (N-methyl/N-ethyl adjacent to an activating group) is 1. The third-order valence-corrected chi connectivity index (χ3v) is 6.97. The summed E-state index contributed by atoms with van der Waals surface area (Å²) in [5.74, 6) is 2.56. The molecule has 2 aliphatic heterocycles. The van der Waals surface area contributed by atoms with Crippen LogP contribution in [0.15, 0.2) is 70.6 Å². The Morgan fingerprint density at radius 2 is 1.89 bits per heavy atom. The van der Waals surface area contributed by atoms with E-state index in [-0.39, 0.29) is 12.7 Å². The van der Waals surface area contributed by atoms with E-state index in [2.05, 4.69) is 13.0 Å².